The van der Waals surface area contributed by atoms with Crippen molar-refractivity contribution in [1.82, 2.24) is 9.80 Å². The van der Waals surface area contributed by atoms with Crippen molar-refractivity contribution in [2.75, 3.05) is 33.2 Å². The van der Waals surface area contributed by atoms with Gasteiger partial charge in [0, 0.05) is 32.2 Å². The first kappa shape index (κ1) is 9.96. The molecule has 0 radical (unpaired) electrons. The van der Waals surface area contributed by atoms with E-state index in [4.69, 9.17) is 0 Å². The van der Waals surface area contributed by atoms with Gasteiger partial charge in [-0.3, -0.25) is 4.90 Å². The zero-order valence-electron chi connectivity index (χ0n) is 8.32. The molecular formula is C9H20N2O. The van der Waals surface area contributed by atoms with Crippen molar-refractivity contribution in [2.24, 2.45) is 0 Å². The minimum absolute atomic E-state index is 0.194. The summed E-state index contributed by atoms with van der Waals surface area (Å²) in [6, 6.07) is 0.623. The molecule has 0 bridgehead atoms. The van der Waals surface area contributed by atoms with Crippen molar-refractivity contribution in [1.29, 1.82) is 0 Å². The molecule has 3 heteroatoms. The Morgan fingerprint density at radius 1 is 1.50 bits per heavy atom. The van der Waals surface area contributed by atoms with Crippen LogP contribution in [0.25, 0.3) is 0 Å². The first-order valence-corrected chi connectivity index (χ1v) is 4.70. The smallest absolute Gasteiger partial charge is 0.0639 e. The van der Waals surface area contributed by atoms with E-state index in [9.17, 15) is 5.11 Å². The van der Waals surface area contributed by atoms with Crippen LogP contribution in [-0.4, -0.2) is 60.3 Å². The van der Waals surface area contributed by atoms with E-state index in [1.165, 1.54) is 0 Å². The minimum Gasteiger partial charge on any atom is -0.392 e. The molecule has 0 spiro atoms. The maximum atomic E-state index is 9.20. The summed E-state index contributed by atoms with van der Waals surface area (Å²) in [5.41, 5.74) is 0. The van der Waals surface area contributed by atoms with E-state index in [0.29, 0.717) is 6.04 Å². The second kappa shape index (κ2) is 4.21. The number of piperazine rings is 1. The molecule has 1 rings (SSSR count). The molecule has 3 nitrogen and oxygen atoms in total. The Morgan fingerprint density at radius 3 is 2.67 bits per heavy atom. The Labute approximate surface area is 75.0 Å². The van der Waals surface area contributed by atoms with Crippen molar-refractivity contribution < 1.29 is 5.11 Å². The van der Waals surface area contributed by atoms with Crippen LogP contribution in [-0.2, 0) is 0 Å². The molecule has 0 unspecified atom stereocenters. The molecule has 1 aliphatic rings. The third-order valence-corrected chi connectivity index (χ3v) is 2.57. The van der Waals surface area contributed by atoms with Crippen LogP contribution < -0.4 is 0 Å². The van der Waals surface area contributed by atoms with Gasteiger partial charge in [0.2, 0.25) is 0 Å². The number of likely N-dealkylation sites (N-methyl/N-ethyl adjacent to an activating group) is 1. The SMILES string of the molecule is C[C@@H](O)CN1CCN(C)[C@@H](C)C1. The van der Waals surface area contributed by atoms with Crippen LogP contribution in [0.5, 0.6) is 0 Å². The quantitative estimate of drug-likeness (QED) is 0.635. The van der Waals surface area contributed by atoms with E-state index < -0.39 is 0 Å². The predicted octanol–water partition coefficient (Wildman–Crippen LogP) is 0.00310. The van der Waals surface area contributed by atoms with Crippen molar-refractivity contribution in [3.05, 3.63) is 0 Å². The molecule has 0 saturated carbocycles. The lowest BCUT2D eigenvalue weighted by Crippen LogP contribution is -2.51. The van der Waals surface area contributed by atoms with E-state index in [1.54, 1.807) is 0 Å². The van der Waals surface area contributed by atoms with Gasteiger partial charge in [0.15, 0.2) is 0 Å². The molecule has 1 heterocycles. The summed E-state index contributed by atoms with van der Waals surface area (Å²) < 4.78 is 0. The van der Waals surface area contributed by atoms with Gasteiger partial charge in [-0.25, -0.2) is 0 Å². The number of hydrogen-bond acceptors (Lipinski definition) is 3. The molecule has 72 valence electrons. The fraction of sp³-hybridized carbons (Fsp3) is 1.00. The zero-order chi connectivity index (χ0) is 9.14. The van der Waals surface area contributed by atoms with Crippen LogP contribution in [0.4, 0.5) is 0 Å². The largest absolute Gasteiger partial charge is 0.392 e. The van der Waals surface area contributed by atoms with Crippen LogP contribution in [0.2, 0.25) is 0 Å². The Morgan fingerprint density at radius 2 is 2.17 bits per heavy atom. The first-order valence-electron chi connectivity index (χ1n) is 4.70. The number of nitrogens with zero attached hydrogens (tertiary/aromatic N) is 2. The third-order valence-electron chi connectivity index (χ3n) is 2.57. The topological polar surface area (TPSA) is 26.7 Å². The lowest BCUT2D eigenvalue weighted by molar-refractivity contribution is 0.0638. The highest BCUT2D eigenvalue weighted by molar-refractivity contribution is 4.77. The highest BCUT2D eigenvalue weighted by Crippen LogP contribution is 2.06. The maximum Gasteiger partial charge on any atom is 0.0639 e. The monoisotopic (exact) mass is 172 g/mol. The van der Waals surface area contributed by atoms with E-state index in [0.717, 1.165) is 26.2 Å². The Hall–Kier alpha value is -0.120. The van der Waals surface area contributed by atoms with Gasteiger partial charge in [-0.05, 0) is 20.9 Å². The summed E-state index contributed by atoms with van der Waals surface area (Å²) in [6.45, 7) is 8.19. The van der Waals surface area contributed by atoms with E-state index in [-0.39, 0.29) is 6.10 Å². The van der Waals surface area contributed by atoms with Crippen molar-refractivity contribution in [3.63, 3.8) is 0 Å². The normalized spacial score (nSPS) is 30.5. The summed E-state index contributed by atoms with van der Waals surface area (Å²) in [5, 5.41) is 9.20. The van der Waals surface area contributed by atoms with Gasteiger partial charge in [-0.2, -0.15) is 0 Å². The van der Waals surface area contributed by atoms with Gasteiger partial charge in [0.05, 0.1) is 6.10 Å². The molecule has 0 aromatic heterocycles. The second-order valence-corrected chi connectivity index (χ2v) is 3.94. The summed E-state index contributed by atoms with van der Waals surface area (Å²) in [5.74, 6) is 0. The van der Waals surface area contributed by atoms with Gasteiger partial charge < -0.3 is 10.0 Å². The Balaban J connectivity index is 2.30. The van der Waals surface area contributed by atoms with Crippen molar-refractivity contribution in [3.8, 4) is 0 Å². The molecule has 1 N–H and O–H groups in total. The summed E-state index contributed by atoms with van der Waals surface area (Å²) >= 11 is 0. The fourth-order valence-electron chi connectivity index (χ4n) is 1.66. The molecule has 1 fully saturated rings. The minimum atomic E-state index is -0.194. The van der Waals surface area contributed by atoms with Crippen LogP contribution in [0.3, 0.4) is 0 Å². The fourth-order valence-corrected chi connectivity index (χ4v) is 1.66. The van der Waals surface area contributed by atoms with Crippen molar-refractivity contribution >= 4 is 0 Å². The summed E-state index contributed by atoms with van der Waals surface area (Å²) in [4.78, 5) is 4.69. The average molecular weight is 172 g/mol. The first-order chi connectivity index (χ1) is 5.59. The zero-order valence-corrected chi connectivity index (χ0v) is 8.32. The van der Waals surface area contributed by atoms with Gasteiger partial charge in [-0.15, -0.1) is 0 Å². The third kappa shape index (κ3) is 2.73. The number of β-amino-alcohol motifs (C(OH)–C–C–N with tert-alkyl or cyclic N) is 1. The Kier molecular flexibility index (Phi) is 3.50. The van der Waals surface area contributed by atoms with Crippen LogP contribution >= 0.6 is 0 Å². The molecule has 0 aromatic rings. The van der Waals surface area contributed by atoms with Gasteiger partial charge in [0.1, 0.15) is 0 Å². The molecule has 0 amide bonds. The lowest BCUT2D eigenvalue weighted by atomic mass is 10.2. The second-order valence-electron chi connectivity index (χ2n) is 3.94. The van der Waals surface area contributed by atoms with E-state index in [1.807, 2.05) is 6.92 Å². The van der Waals surface area contributed by atoms with Crippen LogP contribution in [0, 0.1) is 0 Å². The molecular weight excluding hydrogens is 152 g/mol. The number of aliphatic hydroxyl groups is 1. The van der Waals surface area contributed by atoms with Gasteiger partial charge >= 0.3 is 0 Å². The van der Waals surface area contributed by atoms with Crippen molar-refractivity contribution in [2.45, 2.75) is 26.0 Å². The maximum absolute atomic E-state index is 9.20. The Bertz CT molecular complexity index is 138. The molecule has 1 aliphatic heterocycles. The number of aliphatic hydroxyl groups excluding tert-OH is 1. The van der Waals surface area contributed by atoms with Crippen LogP contribution in [0.15, 0.2) is 0 Å². The molecule has 12 heavy (non-hydrogen) atoms. The number of rotatable bonds is 2. The van der Waals surface area contributed by atoms with E-state index in [2.05, 4.69) is 23.8 Å². The summed E-state index contributed by atoms with van der Waals surface area (Å²) in [7, 11) is 2.16. The van der Waals surface area contributed by atoms with E-state index >= 15 is 0 Å². The number of hydrogen-bond donors (Lipinski definition) is 1. The molecule has 0 aromatic carbocycles. The predicted molar refractivity (Wildman–Crippen MR) is 50.2 cm³/mol. The average Bonchev–Trinajstić information content (AvgIpc) is 1.96. The molecule has 1 saturated heterocycles. The van der Waals surface area contributed by atoms with Gasteiger partial charge in [0.25, 0.3) is 0 Å². The molecule has 2 atom stereocenters. The van der Waals surface area contributed by atoms with Crippen LogP contribution in [0.1, 0.15) is 13.8 Å². The summed E-state index contributed by atoms with van der Waals surface area (Å²) in [6.07, 6.45) is -0.194. The lowest BCUT2D eigenvalue weighted by Gasteiger charge is -2.38. The van der Waals surface area contributed by atoms with Gasteiger partial charge in [-0.1, -0.05) is 0 Å². The highest BCUT2D eigenvalue weighted by atomic mass is 16.3. The molecule has 0 aliphatic carbocycles. The highest BCUT2D eigenvalue weighted by Gasteiger charge is 2.20. The standard InChI is InChI=1S/C9H20N2O/c1-8-6-11(7-9(2)12)5-4-10(8)3/h8-9,12H,4-7H2,1-3H3/t8-,9+/m0/s1.